The second-order valence-corrected chi connectivity index (χ2v) is 8.88. The molecule has 1 aromatic carbocycles. The number of H-pyrrole nitrogens is 1. The summed E-state index contributed by atoms with van der Waals surface area (Å²) in [5.41, 5.74) is 5.28. The summed E-state index contributed by atoms with van der Waals surface area (Å²) in [5, 5.41) is 3.20. The maximum absolute atomic E-state index is 4.68. The van der Waals surface area contributed by atoms with Crippen LogP contribution in [0.2, 0.25) is 0 Å². The molecule has 142 valence electrons. The summed E-state index contributed by atoms with van der Waals surface area (Å²) in [4.78, 5) is 21.8. The number of benzene rings is 1. The SMILES string of the molecule is CNc1cc2nc(-c3cnc(C(C)(C)C)cn3)[nH]c2cc1/N=C/C(C)(C)C. The molecule has 0 aliphatic carbocycles. The largest absolute Gasteiger partial charge is 0.386 e. The van der Waals surface area contributed by atoms with E-state index in [-0.39, 0.29) is 10.8 Å². The van der Waals surface area contributed by atoms with Gasteiger partial charge in [0.25, 0.3) is 0 Å². The van der Waals surface area contributed by atoms with Crippen molar-refractivity contribution < 1.29 is 0 Å². The van der Waals surface area contributed by atoms with Gasteiger partial charge >= 0.3 is 0 Å². The summed E-state index contributed by atoms with van der Waals surface area (Å²) in [6.45, 7) is 12.7. The molecule has 2 N–H and O–H groups in total. The van der Waals surface area contributed by atoms with Gasteiger partial charge in [-0.3, -0.25) is 9.98 Å². The van der Waals surface area contributed by atoms with E-state index >= 15 is 0 Å². The van der Waals surface area contributed by atoms with E-state index in [0.29, 0.717) is 5.82 Å². The van der Waals surface area contributed by atoms with Crippen LogP contribution in [0.1, 0.15) is 47.2 Å². The second kappa shape index (κ2) is 6.76. The number of nitrogens with one attached hydrogen (secondary N) is 2. The Balaban J connectivity index is 2.01. The fourth-order valence-electron chi connectivity index (χ4n) is 2.57. The molecule has 0 radical (unpaired) electrons. The number of rotatable bonds is 3. The lowest BCUT2D eigenvalue weighted by Crippen LogP contribution is -2.13. The molecular weight excluding hydrogens is 336 g/mol. The third kappa shape index (κ3) is 4.32. The van der Waals surface area contributed by atoms with Crippen LogP contribution in [0.5, 0.6) is 0 Å². The fourth-order valence-corrected chi connectivity index (χ4v) is 2.57. The summed E-state index contributed by atoms with van der Waals surface area (Å²) in [7, 11) is 1.89. The average molecular weight is 364 g/mol. The highest BCUT2D eigenvalue weighted by Crippen LogP contribution is 2.31. The van der Waals surface area contributed by atoms with Gasteiger partial charge in [0.1, 0.15) is 5.69 Å². The van der Waals surface area contributed by atoms with Crippen molar-refractivity contribution in [1.29, 1.82) is 0 Å². The lowest BCUT2D eigenvalue weighted by atomic mass is 9.93. The molecule has 0 saturated heterocycles. The Morgan fingerprint density at radius 3 is 2.33 bits per heavy atom. The highest BCUT2D eigenvalue weighted by Gasteiger charge is 2.17. The van der Waals surface area contributed by atoms with E-state index < -0.39 is 0 Å². The van der Waals surface area contributed by atoms with Gasteiger partial charge in [-0.15, -0.1) is 0 Å². The molecular formula is C21H28N6. The van der Waals surface area contributed by atoms with Crippen LogP contribution in [0.4, 0.5) is 11.4 Å². The lowest BCUT2D eigenvalue weighted by Gasteiger charge is -2.16. The van der Waals surface area contributed by atoms with Crippen LogP contribution in [0.15, 0.2) is 29.5 Å². The van der Waals surface area contributed by atoms with Crippen molar-refractivity contribution in [3.05, 3.63) is 30.2 Å². The summed E-state index contributed by atoms with van der Waals surface area (Å²) >= 11 is 0. The number of aromatic nitrogens is 4. The summed E-state index contributed by atoms with van der Waals surface area (Å²) in [6, 6.07) is 4.01. The Hall–Kier alpha value is -2.76. The van der Waals surface area contributed by atoms with Gasteiger partial charge in [0.15, 0.2) is 5.82 Å². The van der Waals surface area contributed by atoms with E-state index in [2.05, 4.69) is 71.8 Å². The van der Waals surface area contributed by atoms with Crippen molar-refractivity contribution >= 4 is 28.6 Å². The van der Waals surface area contributed by atoms with Crippen molar-refractivity contribution in [2.24, 2.45) is 10.4 Å². The van der Waals surface area contributed by atoms with Crippen LogP contribution in [0.3, 0.4) is 0 Å². The average Bonchev–Trinajstić information content (AvgIpc) is 3.00. The Labute approximate surface area is 160 Å². The Morgan fingerprint density at radius 2 is 1.78 bits per heavy atom. The topological polar surface area (TPSA) is 78.9 Å². The third-order valence-electron chi connectivity index (χ3n) is 4.12. The maximum Gasteiger partial charge on any atom is 0.158 e. The van der Waals surface area contributed by atoms with Crippen LogP contribution in [-0.4, -0.2) is 33.2 Å². The van der Waals surface area contributed by atoms with E-state index in [9.17, 15) is 0 Å². The first-order valence-corrected chi connectivity index (χ1v) is 9.16. The van der Waals surface area contributed by atoms with E-state index in [1.807, 2.05) is 31.6 Å². The molecule has 0 spiro atoms. The number of aromatic amines is 1. The molecule has 3 aromatic rings. The number of hydrogen-bond acceptors (Lipinski definition) is 5. The molecule has 0 aliphatic rings. The van der Waals surface area contributed by atoms with Gasteiger partial charge in [0.2, 0.25) is 0 Å². The van der Waals surface area contributed by atoms with Crippen molar-refractivity contribution in [1.82, 2.24) is 19.9 Å². The molecule has 0 bridgehead atoms. The molecule has 0 aliphatic heterocycles. The van der Waals surface area contributed by atoms with E-state index in [4.69, 9.17) is 0 Å². The van der Waals surface area contributed by atoms with E-state index in [1.54, 1.807) is 6.20 Å². The smallest absolute Gasteiger partial charge is 0.158 e. The van der Waals surface area contributed by atoms with Crippen molar-refractivity contribution in [3.8, 4) is 11.5 Å². The van der Waals surface area contributed by atoms with Gasteiger partial charge in [0.05, 0.1) is 34.3 Å². The standard InChI is InChI=1S/C21H28N6/c1-20(2,3)12-25-14-9-16-15(8-13(14)22-7)26-19(27-16)17-10-24-18(11-23-17)21(4,5)6/h8-12,22H,1-7H3,(H,26,27)/b25-12+. The monoisotopic (exact) mass is 364 g/mol. The highest BCUT2D eigenvalue weighted by atomic mass is 15.0. The van der Waals surface area contributed by atoms with Gasteiger partial charge < -0.3 is 10.3 Å². The van der Waals surface area contributed by atoms with Gasteiger partial charge in [-0.25, -0.2) is 9.97 Å². The van der Waals surface area contributed by atoms with Crippen LogP contribution >= 0.6 is 0 Å². The Kier molecular flexibility index (Phi) is 4.76. The molecule has 6 heteroatoms. The summed E-state index contributed by atoms with van der Waals surface area (Å²) in [6.07, 6.45) is 5.56. The predicted molar refractivity (Wildman–Crippen MR) is 113 cm³/mol. The molecule has 0 fully saturated rings. The van der Waals surface area contributed by atoms with Crippen LogP contribution in [0, 0.1) is 5.41 Å². The lowest BCUT2D eigenvalue weighted by molar-refractivity contribution is 0.565. The first-order valence-electron chi connectivity index (χ1n) is 9.16. The van der Waals surface area contributed by atoms with E-state index in [0.717, 1.165) is 33.8 Å². The molecule has 0 atom stereocenters. The number of anilines is 1. The van der Waals surface area contributed by atoms with Gasteiger partial charge in [-0.05, 0) is 17.5 Å². The fraction of sp³-hybridized carbons (Fsp3) is 0.429. The molecule has 27 heavy (non-hydrogen) atoms. The molecule has 2 aromatic heterocycles. The normalized spacial score (nSPS) is 12.9. The Morgan fingerprint density at radius 1 is 1.04 bits per heavy atom. The number of aliphatic imine (C=N–C) groups is 1. The van der Waals surface area contributed by atoms with Gasteiger partial charge in [0, 0.05) is 24.9 Å². The van der Waals surface area contributed by atoms with Crippen molar-refractivity contribution in [3.63, 3.8) is 0 Å². The maximum atomic E-state index is 4.68. The van der Waals surface area contributed by atoms with Crippen molar-refractivity contribution in [2.45, 2.75) is 47.0 Å². The zero-order valence-electron chi connectivity index (χ0n) is 17.2. The van der Waals surface area contributed by atoms with Crippen LogP contribution < -0.4 is 5.32 Å². The molecule has 2 heterocycles. The molecule has 6 nitrogen and oxygen atoms in total. The minimum Gasteiger partial charge on any atom is -0.386 e. The molecule has 3 rings (SSSR count). The second-order valence-electron chi connectivity index (χ2n) is 8.88. The summed E-state index contributed by atoms with van der Waals surface area (Å²) in [5.74, 6) is 0.706. The van der Waals surface area contributed by atoms with Gasteiger partial charge in [-0.1, -0.05) is 41.5 Å². The van der Waals surface area contributed by atoms with Crippen LogP contribution in [-0.2, 0) is 5.41 Å². The first kappa shape index (κ1) is 19.0. The third-order valence-corrected chi connectivity index (χ3v) is 4.12. The molecule has 0 amide bonds. The number of imidazole rings is 1. The van der Waals surface area contributed by atoms with Crippen molar-refractivity contribution in [2.75, 3.05) is 12.4 Å². The Bertz CT molecular complexity index is 969. The quantitative estimate of drug-likeness (QED) is 0.633. The number of nitrogens with zero attached hydrogens (tertiary/aromatic N) is 4. The predicted octanol–water partition coefficient (Wildman–Crippen LogP) is 5.11. The molecule has 0 saturated carbocycles. The summed E-state index contributed by atoms with van der Waals surface area (Å²) < 4.78 is 0. The minimum atomic E-state index is -0.0267. The van der Waals surface area contributed by atoms with Gasteiger partial charge in [-0.2, -0.15) is 0 Å². The number of hydrogen-bond donors (Lipinski definition) is 2. The zero-order valence-corrected chi connectivity index (χ0v) is 17.2. The zero-order chi connectivity index (χ0) is 19.8. The first-order chi connectivity index (χ1) is 12.6. The molecule has 0 unspecified atom stereocenters. The van der Waals surface area contributed by atoms with Crippen LogP contribution in [0.25, 0.3) is 22.6 Å². The number of fused-ring (bicyclic) bond motifs is 1. The van der Waals surface area contributed by atoms with E-state index in [1.165, 1.54) is 0 Å². The minimum absolute atomic E-state index is 0.0174. The highest BCUT2D eigenvalue weighted by molar-refractivity contribution is 5.89.